The smallest absolute Gasteiger partial charge is 0.142 e. The maximum absolute atomic E-state index is 12.4. The summed E-state index contributed by atoms with van der Waals surface area (Å²) in [5.74, 6) is 1.43. The van der Waals surface area contributed by atoms with E-state index in [-0.39, 0.29) is 0 Å². The van der Waals surface area contributed by atoms with Crippen LogP contribution in [-0.4, -0.2) is 36.3 Å². The molecule has 5 aromatic rings. The number of anilines is 1. The molecule has 1 atom stereocenters. The van der Waals surface area contributed by atoms with Gasteiger partial charge in [-0.15, -0.1) is 0 Å². The van der Waals surface area contributed by atoms with Gasteiger partial charge in [0.1, 0.15) is 17.2 Å². The molecule has 5 nitrogen and oxygen atoms in total. The van der Waals surface area contributed by atoms with Crippen molar-refractivity contribution in [1.82, 2.24) is 9.97 Å². The van der Waals surface area contributed by atoms with Gasteiger partial charge in [0.15, 0.2) is 0 Å². The average Bonchev–Trinajstić information content (AvgIpc) is 2.93. The molecule has 0 saturated heterocycles. The number of hydrogen-bond acceptors (Lipinski definition) is 5. The largest absolute Gasteiger partial charge is 0.497 e. The molecule has 180 valence electrons. The Morgan fingerprint density at radius 3 is 2.31 bits per heavy atom. The van der Waals surface area contributed by atoms with Crippen LogP contribution in [0, 0.1) is 0 Å². The van der Waals surface area contributed by atoms with Gasteiger partial charge in [-0.05, 0) is 47.0 Å². The Labute approximate surface area is 215 Å². The van der Waals surface area contributed by atoms with Crippen molar-refractivity contribution >= 4 is 28.3 Å². The van der Waals surface area contributed by atoms with Gasteiger partial charge in [0.2, 0.25) is 0 Å². The van der Waals surface area contributed by atoms with E-state index in [1.165, 1.54) is 0 Å². The summed E-state index contributed by atoms with van der Waals surface area (Å²) in [6.07, 6.45) is 3.36. The van der Waals surface area contributed by atoms with E-state index in [1.54, 1.807) is 19.5 Å². The average molecular weight is 496 g/mol. The molecule has 0 bridgehead atoms. The number of methoxy groups -OCH3 is 1. The molecule has 1 N–H and O–H groups in total. The van der Waals surface area contributed by atoms with Gasteiger partial charge in [0, 0.05) is 43.0 Å². The molecule has 2 aromatic heterocycles. The Morgan fingerprint density at radius 2 is 1.61 bits per heavy atom. The monoisotopic (exact) mass is 495 g/mol. The number of hydrogen-bond donors (Lipinski definition) is 1. The second-order valence-corrected chi connectivity index (χ2v) is 9.18. The number of aliphatic hydroxyl groups is 1. The summed E-state index contributed by atoms with van der Waals surface area (Å²) in [6.45, 7) is 0. The maximum atomic E-state index is 12.4. The van der Waals surface area contributed by atoms with Crippen LogP contribution in [0.25, 0.3) is 22.0 Å². The SMILES string of the molecule is COc1cccc(C(O)(c2cccnc2)c2ccc3nc(N(C)C)c(-c4ccccc4)c(Cl)c3c2)c1. The molecule has 6 heteroatoms. The molecule has 3 aromatic carbocycles. The van der Waals surface area contributed by atoms with Crippen molar-refractivity contribution in [2.24, 2.45) is 0 Å². The van der Waals surface area contributed by atoms with E-state index in [0.29, 0.717) is 27.5 Å². The topological polar surface area (TPSA) is 58.5 Å². The zero-order valence-corrected chi connectivity index (χ0v) is 21.1. The number of benzene rings is 3. The van der Waals surface area contributed by atoms with Gasteiger partial charge in [0.25, 0.3) is 0 Å². The fourth-order valence-corrected chi connectivity index (χ4v) is 4.89. The van der Waals surface area contributed by atoms with E-state index in [0.717, 1.165) is 27.8 Å². The number of rotatable bonds is 6. The Kier molecular flexibility index (Phi) is 6.35. The zero-order valence-electron chi connectivity index (χ0n) is 20.3. The second-order valence-electron chi connectivity index (χ2n) is 8.80. The van der Waals surface area contributed by atoms with Crippen molar-refractivity contribution in [3.63, 3.8) is 0 Å². The van der Waals surface area contributed by atoms with Gasteiger partial charge < -0.3 is 14.7 Å². The van der Waals surface area contributed by atoms with Crippen LogP contribution in [0.2, 0.25) is 5.02 Å². The molecular formula is C30H26ClN3O2. The molecular weight excluding hydrogens is 470 g/mol. The predicted octanol–water partition coefficient (Wildman–Crippen LogP) is 6.31. The number of halogens is 1. The van der Waals surface area contributed by atoms with Crippen LogP contribution in [0.3, 0.4) is 0 Å². The molecule has 2 heterocycles. The van der Waals surface area contributed by atoms with E-state index in [2.05, 4.69) is 4.98 Å². The van der Waals surface area contributed by atoms with Gasteiger partial charge in [-0.1, -0.05) is 66.2 Å². The lowest BCUT2D eigenvalue weighted by Gasteiger charge is -2.30. The minimum Gasteiger partial charge on any atom is -0.497 e. The molecule has 0 aliphatic heterocycles. The Hall–Kier alpha value is -3.93. The third kappa shape index (κ3) is 4.06. The van der Waals surface area contributed by atoms with Crippen LogP contribution >= 0.6 is 11.6 Å². The summed E-state index contributed by atoms with van der Waals surface area (Å²) < 4.78 is 5.45. The number of nitrogens with zero attached hydrogens (tertiary/aromatic N) is 3. The molecule has 0 fully saturated rings. The van der Waals surface area contributed by atoms with Gasteiger partial charge in [0.05, 0.1) is 17.6 Å². The van der Waals surface area contributed by atoms with E-state index in [9.17, 15) is 5.11 Å². The van der Waals surface area contributed by atoms with Crippen molar-refractivity contribution in [3.05, 3.63) is 119 Å². The van der Waals surface area contributed by atoms with Crippen molar-refractivity contribution in [2.45, 2.75) is 5.60 Å². The lowest BCUT2D eigenvalue weighted by molar-refractivity contribution is 0.125. The third-order valence-electron chi connectivity index (χ3n) is 6.37. The molecule has 0 radical (unpaired) electrons. The summed E-state index contributed by atoms with van der Waals surface area (Å²) in [5, 5.41) is 13.7. The molecule has 0 spiro atoms. The fraction of sp³-hybridized carbons (Fsp3) is 0.133. The van der Waals surface area contributed by atoms with E-state index in [4.69, 9.17) is 21.3 Å². The van der Waals surface area contributed by atoms with Crippen LogP contribution in [0.1, 0.15) is 16.7 Å². The number of fused-ring (bicyclic) bond motifs is 1. The quantitative estimate of drug-likeness (QED) is 0.299. The van der Waals surface area contributed by atoms with Crippen LogP contribution in [-0.2, 0) is 5.60 Å². The lowest BCUT2D eigenvalue weighted by atomic mass is 9.80. The molecule has 0 saturated carbocycles. The van der Waals surface area contributed by atoms with Gasteiger partial charge in [-0.2, -0.15) is 0 Å². The van der Waals surface area contributed by atoms with E-state index >= 15 is 0 Å². The van der Waals surface area contributed by atoms with Crippen molar-refractivity contribution in [2.75, 3.05) is 26.1 Å². The Bertz CT molecular complexity index is 1520. The first-order chi connectivity index (χ1) is 17.4. The lowest BCUT2D eigenvalue weighted by Crippen LogP contribution is -2.29. The van der Waals surface area contributed by atoms with E-state index in [1.807, 2.05) is 104 Å². The zero-order chi connectivity index (χ0) is 25.3. The van der Waals surface area contributed by atoms with E-state index < -0.39 is 5.60 Å². The highest BCUT2D eigenvalue weighted by Crippen LogP contribution is 2.43. The van der Waals surface area contributed by atoms with Crippen molar-refractivity contribution in [3.8, 4) is 16.9 Å². The summed E-state index contributed by atoms with van der Waals surface area (Å²) in [7, 11) is 5.52. The van der Waals surface area contributed by atoms with Gasteiger partial charge in [-0.25, -0.2) is 4.98 Å². The van der Waals surface area contributed by atoms with Crippen LogP contribution < -0.4 is 9.64 Å². The number of aromatic nitrogens is 2. The maximum Gasteiger partial charge on any atom is 0.142 e. The highest BCUT2D eigenvalue weighted by atomic mass is 35.5. The minimum atomic E-state index is -1.49. The second kappa shape index (κ2) is 9.61. The normalized spacial score (nSPS) is 12.8. The summed E-state index contributed by atoms with van der Waals surface area (Å²) in [6, 6.07) is 26.8. The van der Waals surface area contributed by atoms with Gasteiger partial charge in [-0.3, -0.25) is 4.98 Å². The number of ether oxygens (including phenoxy) is 1. The van der Waals surface area contributed by atoms with Gasteiger partial charge >= 0.3 is 0 Å². The summed E-state index contributed by atoms with van der Waals surface area (Å²) in [5.41, 5.74) is 3.01. The third-order valence-corrected chi connectivity index (χ3v) is 6.77. The Morgan fingerprint density at radius 1 is 0.861 bits per heavy atom. The summed E-state index contributed by atoms with van der Waals surface area (Å²) in [4.78, 5) is 11.2. The van der Waals surface area contributed by atoms with Crippen molar-refractivity contribution < 1.29 is 9.84 Å². The highest BCUT2D eigenvalue weighted by molar-refractivity contribution is 6.38. The molecule has 0 aliphatic carbocycles. The predicted molar refractivity (Wildman–Crippen MR) is 146 cm³/mol. The molecule has 0 amide bonds. The first-order valence-electron chi connectivity index (χ1n) is 11.6. The minimum absolute atomic E-state index is 0.580. The molecule has 5 rings (SSSR count). The fourth-order valence-electron chi connectivity index (χ4n) is 4.55. The first-order valence-corrected chi connectivity index (χ1v) is 11.9. The Balaban J connectivity index is 1.79. The first kappa shape index (κ1) is 23.8. The van der Waals surface area contributed by atoms with Crippen LogP contribution in [0.5, 0.6) is 5.75 Å². The molecule has 0 aliphatic rings. The number of pyridine rings is 2. The van der Waals surface area contributed by atoms with Crippen molar-refractivity contribution in [1.29, 1.82) is 0 Å². The standard InChI is InChI=1S/C30H26ClN3O2/c1-34(2)29-27(20-9-5-4-6-10-20)28(31)25-18-22(14-15-26(25)33-29)30(35,23-12-8-16-32-19-23)21-11-7-13-24(17-21)36-3/h4-19,35H,1-3H3. The molecule has 1 unspecified atom stereocenters. The summed E-state index contributed by atoms with van der Waals surface area (Å²) >= 11 is 7.11. The highest BCUT2D eigenvalue weighted by Gasteiger charge is 2.35. The van der Waals surface area contributed by atoms with Crippen LogP contribution in [0.4, 0.5) is 5.82 Å². The van der Waals surface area contributed by atoms with Crippen LogP contribution in [0.15, 0.2) is 97.3 Å². The molecule has 36 heavy (non-hydrogen) atoms.